The minimum Gasteiger partial charge on any atom is -0.367 e. The molecule has 56 valence electrons. The quantitative estimate of drug-likeness (QED) is 0.630. The lowest BCUT2D eigenvalue weighted by Gasteiger charge is -2.25. The molecule has 1 saturated heterocycles. The molecule has 0 amide bonds. The Labute approximate surface area is 66.4 Å². The number of hydrogen-bond donors (Lipinski definition) is 2. The molecule has 0 atom stereocenters. The maximum Gasteiger partial charge on any atom is 0.0103 e. The summed E-state index contributed by atoms with van der Waals surface area (Å²) in [6.07, 6.45) is 4.05. The summed E-state index contributed by atoms with van der Waals surface area (Å²) in [5.41, 5.74) is 1.44. The summed E-state index contributed by atoms with van der Waals surface area (Å²) in [6, 6.07) is 2.14. The van der Waals surface area contributed by atoms with Crippen LogP contribution < -0.4 is 5.32 Å². The first-order valence-electron chi connectivity index (χ1n) is 3.30. The molecule has 2 rings (SSSR count). The summed E-state index contributed by atoms with van der Waals surface area (Å²) in [5.74, 6) is 0.774. The van der Waals surface area contributed by atoms with Gasteiger partial charge in [-0.25, -0.2) is 0 Å². The molecule has 10 heavy (non-hydrogen) atoms. The van der Waals surface area contributed by atoms with Crippen LogP contribution in [0.2, 0.25) is 0 Å². The highest BCUT2D eigenvalue weighted by Crippen LogP contribution is 2.17. The third-order valence-corrected chi connectivity index (χ3v) is 1.87. The third-order valence-electron chi connectivity index (χ3n) is 1.87. The zero-order valence-electron chi connectivity index (χ0n) is 5.63. The van der Waals surface area contributed by atoms with Gasteiger partial charge in [0.15, 0.2) is 0 Å². The Morgan fingerprint density at radius 2 is 2.20 bits per heavy atom. The standard InChI is InChI=1S/C7H10N2.ClH/c1-2-8-3-6(1)7-4-9-5-7;/h1-3,7-9H,4-5H2;1H. The highest BCUT2D eigenvalue weighted by Gasteiger charge is 2.18. The highest BCUT2D eigenvalue weighted by molar-refractivity contribution is 5.85. The van der Waals surface area contributed by atoms with E-state index in [4.69, 9.17) is 0 Å². The maximum atomic E-state index is 3.24. The van der Waals surface area contributed by atoms with Gasteiger partial charge in [0.05, 0.1) is 0 Å². The van der Waals surface area contributed by atoms with Crippen molar-refractivity contribution in [2.75, 3.05) is 13.1 Å². The predicted octanol–water partition coefficient (Wildman–Crippen LogP) is 1.12. The molecule has 1 aliphatic rings. The van der Waals surface area contributed by atoms with Gasteiger partial charge in [-0.15, -0.1) is 12.4 Å². The Kier molecular flexibility index (Phi) is 2.35. The van der Waals surface area contributed by atoms with Crippen molar-refractivity contribution >= 4 is 12.4 Å². The van der Waals surface area contributed by atoms with E-state index in [1.807, 2.05) is 6.20 Å². The molecule has 0 unspecified atom stereocenters. The van der Waals surface area contributed by atoms with Crippen LogP contribution >= 0.6 is 12.4 Å². The van der Waals surface area contributed by atoms with Crippen molar-refractivity contribution in [1.82, 2.24) is 10.3 Å². The van der Waals surface area contributed by atoms with Crippen LogP contribution in [0.4, 0.5) is 0 Å². The van der Waals surface area contributed by atoms with E-state index in [1.165, 1.54) is 5.56 Å². The average molecular weight is 159 g/mol. The molecule has 0 aliphatic carbocycles. The van der Waals surface area contributed by atoms with Gasteiger partial charge in [-0.05, 0) is 11.6 Å². The fourth-order valence-corrected chi connectivity index (χ4v) is 1.12. The van der Waals surface area contributed by atoms with E-state index in [2.05, 4.69) is 22.6 Å². The highest BCUT2D eigenvalue weighted by atomic mass is 35.5. The lowest BCUT2D eigenvalue weighted by Crippen LogP contribution is -2.39. The van der Waals surface area contributed by atoms with E-state index in [1.54, 1.807) is 0 Å². The van der Waals surface area contributed by atoms with E-state index in [0.29, 0.717) is 0 Å². The van der Waals surface area contributed by atoms with Crippen LogP contribution in [0.5, 0.6) is 0 Å². The number of aromatic amines is 1. The van der Waals surface area contributed by atoms with Gasteiger partial charge >= 0.3 is 0 Å². The normalized spacial score (nSPS) is 17.6. The van der Waals surface area contributed by atoms with E-state index in [0.717, 1.165) is 19.0 Å². The van der Waals surface area contributed by atoms with Crippen molar-refractivity contribution in [3.8, 4) is 0 Å². The molecule has 3 heteroatoms. The van der Waals surface area contributed by atoms with E-state index < -0.39 is 0 Å². The van der Waals surface area contributed by atoms with Gasteiger partial charge in [-0.2, -0.15) is 0 Å². The Morgan fingerprint density at radius 1 is 1.40 bits per heavy atom. The first kappa shape index (κ1) is 7.63. The van der Waals surface area contributed by atoms with Crippen molar-refractivity contribution < 1.29 is 0 Å². The summed E-state index contributed by atoms with van der Waals surface area (Å²) in [7, 11) is 0. The molecule has 1 fully saturated rings. The van der Waals surface area contributed by atoms with E-state index in [-0.39, 0.29) is 12.4 Å². The molecule has 2 nitrogen and oxygen atoms in total. The molecule has 2 heterocycles. The SMILES string of the molecule is Cl.c1cc(C2CNC2)c[nH]1. The van der Waals surface area contributed by atoms with Gasteiger partial charge in [0.25, 0.3) is 0 Å². The van der Waals surface area contributed by atoms with Crippen molar-refractivity contribution in [2.45, 2.75) is 5.92 Å². The van der Waals surface area contributed by atoms with Gasteiger partial charge in [0.1, 0.15) is 0 Å². The second-order valence-electron chi connectivity index (χ2n) is 2.50. The Bertz CT molecular complexity index is 179. The van der Waals surface area contributed by atoms with Crippen molar-refractivity contribution in [1.29, 1.82) is 0 Å². The number of hydrogen-bond acceptors (Lipinski definition) is 1. The Balaban J connectivity index is 0.000000500. The zero-order chi connectivity index (χ0) is 6.10. The van der Waals surface area contributed by atoms with Crippen molar-refractivity contribution in [3.05, 3.63) is 24.0 Å². The molecular weight excluding hydrogens is 148 g/mol. The summed E-state index contributed by atoms with van der Waals surface area (Å²) in [6.45, 7) is 2.30. The number of nitrogens with one attached hydrogen (secondary N) is 2. The van der Waals surface area contributed by atoms with Crippen LogP contribution in [0.3, 0.4) is 0 Å². The number of halogens is 1. The molecule has 0 spiro atoms. The van der Waals surface area contributed by atoms with E-state index in [9.17, 15) is 0 Å². The second kappa shape index (κ2) is 3.08. The van der Waals surface area contributed by atoms with Crippen molar-refractivity contribution in [3.63, 3.8) is 0 Å². The molecule has 0 saturated carbocycles. The summed E-state index contributed by atoms with van der Waals surface area (Å²) >= 11 is 0. The van der Waals surface area contributed by atoms with Crippen LogP contribution in [0.1, 0.15) is 11.5 Å². The van der Waals surface area contributed by atoms with Gasteiger partial charge in [0.2, 0.25) is 0 Å². The van der Waals surface area contributed by atoms with Gasteiger partial charge in [0, 0.05) is 31.4 Å². The molecule has 1 aliphatic heterocycles. The minimum atomic E-state index is 0. The van der Waals surface area contributed by atoms with Gasteiger partial charge in [-0.3, -0.25) is 0 Å². The van der Waals surface area contributed by atoms with Crippen LogP contribution in [0.15, 0.2) is 18.5 Å². The summed E-state index contributed by atoms with van der Waals surface area (Å²) < 4.78 is 0. The fourth-order valence-electron chi connectivity index (χ4n) is 1.12. The smallest absolute Gasteiger partial charge is 0.0103 e. The molecule has 2 N–H and O–H groups in total. The largest absolute Gasteiger partial charge is 0.367 e. The molecule has 0 bridgehead atoms. The predicted molar refractivity (Wildman–Crippen MR) is 43.7 cm³/mol. The van der Waals surface area contributed by atoms with E-state index >= 15 is 0 Å². The first-order valence-corrected chi connectivity index (χ1v) is 3.30. The Morgan fingerprint density at radius 3 is 2.60 bits per heavy atom. The Hall–Kier alpha value is -0.470. The summed E-state index contributed by atoms with van der Waals surface area (Å²) in [4.78, 5) is 3.05. The molecular formula is C7H11ClN2. The molecule has 0 aromatic carbocycles. The number of aromatic nitrogens is 1. The third kappa shape index (κ3) is 1.18. The van der Waals surface area contributed by atoms with Gasteiger partial charge < -0.3 is 10.3 Å². The zero-order valence-corrected chi connectivity index (χ0v) is 6.45. The first-order chi connectivity index (χ1) is 4.47. The van der Waals surface area contributed by atoms with Crippen LogP contribution in [0.25, 0.3) is 0 Å². The van der Waals surface area contributed by atoms with Gasteiger partial charge in [-0.1, -0.05) is 0 Å². The molecule has 1 aromatic heterocycles. The van der Waals surface area contributed by atoms with Crippen LogP contribution in [-0.2, 0) is 0 Å². The maximum absolute atomic E-state index is 3.24. The topological polar surface area (TPSA) is 27.8 Å². The van der Waals surface area contributed by atoms with Crippen molar-refractivity contribution in [2.24, 2.45) is 0 Å². The second-order valence-corrected chi connectivity index (χ2v) is 2.50. The van der Waals surface area contributed by atoms with Crippen LogP contribution in [0, 0.1) is 0 Å². The fraction of sp³-hybridized carbons (Fsp3) is 0.429. The monoisotopic (exact) mass is 158 g/mol. The minimum absolute atomic E-state index is 0. The number of H-pyrrole nitrogens is 1. The summed E-state index contributed by atoms with van der Waals surface area (Å²) in [5, 5.41) is 3.24. The molecule has 0 radical (unpaired) electrons. The average Bonchev–Trinajstić information content (AvgIpc) is 2.11. The molecule has 1 aromatic rings. The number of rotatable bonds is 1. The van der Waals surface area contributed by atoms with Crippen LogP contribution in [-0.4, -0.2) is 18.1 Å². The lowest BCUT2D eigenvalue weighted by atomic mass is 9.97. The lowest BCUT2D eigenvalue weighted by molar-refractivity contribution is 0.449.